The average Bonchev–Trinajstić information content (AvgIpc) is 3.27. The van der Waals surface area contributed by atoms with Gasteiger partial charge < -0.3 is 29.6 Å². The van der Waals surface area contributed by atoms with Gasteiger partial charge in [-0.2, -0.15) is 4.98 Å². The summed E-state index contributed by atoms with van der Waals surface area (Å²) in [6.07, 6.45) is 7.37. The summed E-state index contributed by atoms with van der Waals surface area (Å²) in [5.74, 6) is -0.0196. The van der Waals surface area contributed by atoms with E-state index in [-0.39, 0.29) is 17.7 Å². The van der Waals surface area contributed by atoms with Crippen molar-refractivity contribution in [3.05, 3.63) is 60.3 Å². The summed E-state index contributed by atoms with van der Waals surface area (Å²) in [5, 5.41) is 6.01. The molecule has 0 unspecified atom stereocenters. The molecule has 0 aliphatic carbocycles. The summed E-state index contributed by atoms with van der Waals surface area (Å²) >= 11 is 0. The average molecular weight is 522 g/mol. The Hall–Kier alpha value is -3.96. The molecular formula is C27H32FN7O3. The molecule has 0 bridgehead atoms. The molecule has 2 aliphatic heterocycles. The van der Waals surface area contributed by atoms with E-state index in [2.05, 4.69) is 37.0 Å². The number of aryl methyl sites for hydroxylation is 1. The smallest absolute Gasteiger partial charge is 0.247 e. The Morgan fingerprint density at radius 1 is 1.21 bits per heavy atom. The van der Waals surface area contributed by atoms with Crippen molar-refractivity contribution in [2.24, 2.45) is 0 Å². The maximum absolute atomic E-state index is 14.8. The molecule has 200 valence electrons. The molecule has 2 fully saturated rings. The maximum atomic E-state index is 14.8. The number of methoxy groups -OCH3 is 1. The largest absolute Gasteiger partial charge is 0.494 e. The zero-order valence-electron chi connectivity index (χ0n) is 21.7. The molecule has 2 aliphatic rings. The lowest BCUT2D eigenvalue weighted by Crippen LogP contribution is -2.36. The highest BCUT2D eigenvalue weighted by Gasteiger charge is 2.21. The van der Waals surface area contributed by atoms with Crippen LogP contribution in [0.2, 0.25) is 0 Å². The van der Waals surface area contributed by atoms with Gasteiger partial charge in [0.05, 0.1) is 43.6 Å². The van der Waals surface area contributed by atoms with Gasteiger partial charge in [0, 0.05) is 38.1 Å². The first kappa shape index (κ1) is 25.7. The third-order valence-electron chi connectivity index (χ3n) is 6.81. The number of ether oxygens (including phenoxy) is 2. The fourth-order valence-corrected chi connectivity index (χ4v) is 4.57. The van der Waals surface area contributed by atoms with Crippen LogP contribution in [0.5, 0.6) is 5.75 Å². The molecule has 1 amide bonds. The Bertz CT molecular complexity index is 1330. The number of carbonyl (C=O) groups is 1. The summed E-state index contributed by atoms with van der Waals surface area (Å²) < 4.78 is 27.7. The lowest BCUT2D eigenvalue weighted by Gasteiger charge is -2.31. The molecule has 0 radical (unpaired) electrons. The zero-order chi connectivity index (χ0) is 26.6. The van der Waals surface area contributed by atoms with Crippen LogP contribution in [0.3, 0.4) is 0 Å². The van der Waals surface area contributed by atoms with Gasteiger partial charge in [-0.05, 0) is 49.7 Å². The minimum Gasteiger partial charge on any atom is -0.494 e. The van der Waals surface area contributed by atoms with Crippen molar-refractivity contribution < 1.29 is 18.7 Å². The minimum absolute atomic E-state index is 0.143. The van der Waals surface area contributed by atoms with Crippen molar-refractivity contribution in [1.29, 1.82) is 0 Å². The molecule has 1 aromatic carbocycles. The van der Waals surface area contributed by atoms with Gasteiger partial charge in [-0.1, -0.05) is 6.58 Å². The van der Waals surface area contributed by atoms with Gasteiger partial charge in [0.25, 0.3) is 0 Å². The third-order valence-corrected chi connectivity index (χ3v) is 6.81. The van der Waals surface area contributed by atoms with Crippen molar-refractivity contribution >= 4 is 28.9 Å². The van der Waals surface area contributed by atoms with Crippen LogP contribution in [0.4, 0.5) is 27.4 Å². The van der Waals surface area contributed by atoms with Gasteiger partial charge in [0.15, 0.2) is 11.6 Å². The van der Waals surface area contributed by atoms with Gasteiger partial charge in [-0.3, -0.25) is 9.69 Å². The fourth-order valence-electron chi connectivity index (χ4n) is 4.57. The molecule has 3 aromatic rings. The van der Waals surface area contributed by atoms with Crippen LogP contribution >= 0.6 is 0 Å². The molecule has 0 spiro atoms. The van der Waals surface area contributed by atoms with Crippen LogP contribution in [0, 0.1) is 12.7 Å². The summed E-state index contributed by atoms with van der Waals surface area (Å²) in [6, 6.07) is 3.59. The Morgan fingerprint density at radius 2 is 2.00 bits per heavy atom. The predicted molar refractivity (Wildman–Crippen MR) is 144 cm³/mol. The zero-order valence-corrected chi connectivity index (χ0v) is 21.7. The second-order valence-electron chi connectivity index (χ2n) is 9.36. The number of aromatic nitrogens is 3. The van der Waals surface area contributed by atoms with Crippen LogP contribution in [0.25, 0.3) is 5.82 Å². The molecular weight excluding hydrogens is 489 g/mol. The number of anilines is 4. The molecule has 5 rings (SSSR count). The number of amides is 1. The van der Waals surface area contributed by atoms with E-state index in [0.717, 1.165) is 42.6 Å². The number of benzene rings is 1. The number of hydrogen-bond acceptors (Lipinski definition) is 8. The SMILES string of the molecule is C=CC(=O)Nc1cc(Nc2ncc(F)c(-n3cc(C)c(CN4CCC4)c3)n2)c(OC)cc1N1CCOCC1. The third kappa shape index (κ3) is 5.48. The summed E-state index contributed by atoms with van der Waals surface area (Å²) in [5.41, 5.74) is 4.10. The molecule has 4 heterocycles. The van der Waals surface area contributed by atoms with Gasteiger partial charge in [-0.15, -0.1) is 0 Å². The van der Waals surface area contributed by atoms with Gasteiger partial charge >= 0.3 is 0 Å². The lowest BCUT2D eigenvalue weighted by molar-refractivity contribution is -0.111. The number of nitrogens with one attached hydrogen (secondary N) is 2. The quantitative estimate of drug-likeness (QED) is 0.412. The van der Waals surface area contributed by atoms with Gasteiger partial charge in [0.2, 0.25) is 11.9 Å². The number of nitrogens with zero attached hydrogens (tertiary/aromatic N) is 5. The van der Waals surface area contributed by atoms with Crippen molar-refractivity contribution in [3.63, 3.8) is 0 Å². The standard InChI is InChI=1S/C27H32FN7O3/c1-4-25(36)30-21-12-22(24(37-3)13-23(21)34-8-10-38-11-9-34)31-27-29-14-20(28)26(32-27)35-15-18(2)19(17-35)16-33-6-5-7-33/h4,12-15,17H,1,5-11,16H2,2-3H3,(H,30,36)(H,29,31,32). The topological polar surface area (TPSA) is 96.8 Å². The number of halogens is 1. The van der Waals surface area contributed by atoms with Crippen molar-refractivity contribution in [1.82, 2.24) is 19.4 Å². The Balaban J connectivity index is 1.46. The summed E-state index contributed by atoms with van der Waals surface area (Å²) in [6.45, 7) is 11.1. The van der Waals surface area contributed by atoms with Crippen molar-refractivity contribution in [2.45, 2.75) is 19.9 Å². The van der Waals surface area contributed by atoms with Crippen molar-refractivity contribution in [3.8, 4) is 11.6 Å². The van der Waals surface area contributed by atoms with Crippen LogP contribution < -0.4 is 20.3 Å². The Morgan fingerprint density at radius 3 is 2.68 bits per heavy atom. The van der Waals surface area contributed by atoms with E-state index in [1.54, 1.807) is 17.7 Å². The predicted octanol–water partition coefficient (Wildman–Crippen LogP) is 3.63. The number of hydrogen-bond donors (Lipinski definition) is 2. The lowest BCUT2D eigenvalue weighted by atomic mass is 10.1. The molecule has 0 saturated carbocycles. The Kier molecular flexibility index (Phi) is 7.57. The Labute approximate surface area is 221 Å². The van der Waals surface area contributed by atoms with Crippen LogP contribution in [0.15, 0.2) is 43.4 Å². The maximum Gasteiger partial charge on any atom is 0.247 e. The van der Waals surface area contributed by atoms with E-state index >= 15 is 0 Å². The van der Waals surface area contributed by atoms with Crippen LogP contribution in [-0.2, 0) is 16.1 Å². The molecule has 2 saturated heterocycles. The highest BCUT2D eigenvalue weighted by atomic mass is 19.1. The summed E-state index contributed by atoms with van der Waals surface area (Å²) in [7, 11) is 1.56. The first-order valence-electron chi connectivity index (χ1n) is 12.6. The van der Waals surface area contributed by atoms with Gasteiger partial charge in [-0.25, -0.2) is 9.37 Å². The molecule has 38 heavy (non-hydrogen) atoms. The minimum atomic E-state index is -0.533. The van der Waals surface area contributed by atoms with Crippen LogP contribution in [0.1, 0.15) is 17.5 Å². The van der Waals surface area contributed by atoms with E-state index in [0.29, 0.717) is 43.4 Å². The molecule has 10 nitrogen and oxygen atoms in total. The highest BCUT2D eigenvalue weighted by molar-refractivity contribution is 6.02. The summed E-state index contributed by atoms with van der Waals surface area (Å²) in [4.78, 5) is 25.3. The molecule has 11 heteroatoms. The van der Waals surface area contributed by atoms with Crippen molar-refractivity contribution in [2.75, 3.05) is 62.0 Å². The van der Waals surface area contributed by atoms with E-state index in [1.807, 2.05) is 25.4 Å². The van der Waals surface area contributed by atoms with E-state index in [9.17, 15) is 9.18 Å². The number of rotatable bonds is 9. The van der Waals surface area contributed by atoms with Gasteiger partial charge in [0.1, 0.15) is 5.75 Å². The second-order valence-corrected chi connectivity index (χ2v) is 9.36. The monoisotopic (exact) mass is 521 g/mol. The van der Waals surface area contributed by atoms with E-state index < -0.39 is 5.82 Å². The molecule has 2 N–H and O–H groups in total. The number of likely N-dealkylation sites (tertiary alicyclic amines) is 1. The number of morpholine rings is 1. The first-order chi connectivity index (χ1) is 18.4. The van der Waals surface area contributed by atoms with Crippen LogP contribution in [-0.4, -0.2) is 71.8 Å². The highest BCUT2D eigenvalue weighted by Crippen LogP contribution is 2.38. The normalized spacial score (nSPS) is 15.6. The van der Waals surface area contributed by atoms with E-state index in [4.69, 9.17) is 9.47 Å². The van der Waals surface area contributed by atoms with E-state index in [1.165, 1.54) is 12.5 Å². The number of carbonyl (C=O) groups excluding carboxylic acids is 1. The molecule has 0 atom stereocenters. The second kappa shape index (κ2) is 11.2. The first-order valence-corrected chi connectivity index (χ1v) is 12.6. The fraction of sp³-hybridized carbons (Fsp3) is 0.370. The molecule has 2 aromatic heterocycles.